The second kappa shape index (κ2) is 10.6. The highest BCUT2D eigenvalue weighted by atomic mass is 32.1. The van der Waals surface area contributed by atoms with Crippen molar-refractivity contribution in [2.45, 2.75) is 26.8 Å². The minimum atomic E-state index is -0.535. The van der Waals surface area contributed by atoms with E-state index in [1.807, 2.05) is 30.7 Å². The van der Waals surface area contributed by atoms with Gasteiger partial charge in [-0.25, -0.2) is 14.4 Å². The molecule has 0 aromatic carbocycles. The average molecular weight is 450 g/mol. The predicted molar refractivity (Wildman–Crippen MR) is 119 cm³/mol. The van der Waals surface area contributed by atoms with Gasteiger partial charge >= 0.3 is 18.0 Å². The summed E-state index contributed by atoms with van der Waals surface area (Å²) in [5.74, 6) is -0.409. The maximum absolute atomic E-state index is 13.0. The number of nitrogens with zero attached hydrogens (tertiary/aromatic N) is 3. The summed E-state index contributed by atoms with van der Waals surface area (Å²) in [5, 5.41) is 9.66. The highest BCUT2D eigenvalue weighted by Crippen LogP contribution is 2.33. The van der Waals surface area contributed by atoms with E-state index in [1.54, 1.807) is 16.7 Å². The Morgan fingerprint density at radius 1 is 1.23 bits per heavy atom. The first-order chi connectivity index (χ1) is 15.0. The van der Waals surface area contributed by atoms with E-state index in [1.165, 1.54) is 11.3 Å². The molecular weight excluding hydrogens is 418 g/mol. The summed E-state index contributed by atoms with van der Waals surface area (Å²) in [6.45, 7) is 9.83. The van der Waals surface area contributed by atoms with Gasteiger partial charge in [0.15, 0.2) is 0 Å². The minimum absolute atomic E-state index is 0.0571. The number of likely N-dealkylation sites (N-methyl/N-ethyl adjacent to an activating group) is 1. The van der Waals surface area contributed by atoms with Crippen LogP contribution in [0.3, 0.4) is 0 Å². The van der Waals surface area contributed by atoms with Crippen LogP contribution in [0.2, 0.25) is 0 Å². The molecule has 1 fully saturated rings. The monoisotopic (exact) mass is 449 g/mol. The zero-order chi connectivity index (χ0) is 22.4. The Morgan fingerprint density at radius 3 is 2.55 bits per heavy atom. The van der Waals surface area contributed by atoms with Gasteiger partial charge in [-0.1, -0.05) is 0 Å². The number of urea groups is 2. The molecule has 0 spiro atoms. The average Bonchev–Trinajstić information content (AvgIpc) is 3.29. The maximum Gasteiger partial charge on any atom is 0.338 e. The highest BCUT2D eigenvalue weighted by molar-refractivity contribution is 7.08. The molecule has 0 radical (unpaired) electrons. The molecule has 2 N–H and O–H groups in total. The summed E-state index contributed by atoms with van der Waals surface area (Å²) >= 11 is 1.52. The molecule has 1 aromatic rings. The zero-order valence-corrected chi connectivity index (χ0v) is 19.2. The fourth-order valence-electron chi connectivity index (χ4n) is 3.93. The van der Waals surface area contributed by atoms with Gasteiger partial charge in [-0.05, 0) is 43.2 Å². The lowest BCUT2D eigenvalue weighted by molar-refractivity contribution is -0.139. The third kappa shape index (κ3) is 5.19. The minimum Gasteiger partial charge on any atom is -0.463 e. The van der Waals surface area contributed by atoms with Crippen LogP contribution in [0.5, 0.6) is 0 Å². The van der Waals surface area contributed by atoms with Crippen LogP contribution < -0.4 is 10.6 Å². The van der Waals surface area contributed by atoms with Gasteiger partial charge in [-0.2, -0.15) is 11.3 Å². The van der Waals surface area contributed by atoms with Gasteiger partial charge in [-0.15, -0.1) is 0 Å². The molecule has 2 aliphatic rings. The van der Waals surface area contributed by atoms with Crippen LogP contribution in [-0.4, -0.2) is 85.2 Å². The normalized spacial score (nSPS) is 20.0. The molecule has 9 nitrogen and oxygen atoms in total. The molecule has 3 rings (SSSR count). The number of rotatable bonds is 7. The summed E-state index contributed by atoms with van der Waals surface area (Å²) < 4.78 is 5.38. The van der Waals surface area contributed by atoms with E-state index in [0.29, 0.717) is 57.1 Å². The van der Waals surface area contributed by atoms with Gasteiger partial charge in [0.25, 0.3) is 0 Å². The number of nitrogens with one attached hydrogen (secondary N) is 2. The first-order valence-corrected chi connectivity index (χ1v) is 11.7. The van der Waals surface area contributed by atoms with Crippen LogP contribution in [0, 0.1) is 0 Å². The summed E-state index contributed by atoms with van der Waals surface area (Å²) in [6.07, 6.45) is 0. The van der Waals surface area contributed by atoms with Gasteiger partial charge in [-0.3, -0.25) is 9.80 Å². The summed E-state index contributed by atoms with van der Waals surface area (Å²) in [6, 6.07) is 1.10. The third-order valence-corrected chi connectivity index (χ3v) is 6.19. The van der Waals surface area contributed by atoms with Crippen molar-refractivity contribution in [2.75, 3.05) is 52.4 Å². The second-order valence-corrected chi connectivity index (χ2v) is 8.14. The molecule has 0 aliphatic carbocycles. The van der Waals surface area contributed by atoms with Crippen LogP contribution in [0.25, 0.3) is 0 Å². The van der Waals surface area contributed by atoms with Crippen LogP contribution in [0.1, 0.15) is 32.4 Å². The van der Waals surface area contributed by atoms with Crippen molar-refractivity contribution in [3.8, 4) is 0 Å². The van der Waals surface area contributed by atoms with E-state index in [9.17, 15) is 14.4 Å². The van der Waals surface area contributed by atoms with E-state index in [0.717, 1.165) is 5.56 Å². The topological polar surface area (TPSA) is 94.2 Å². The fraction of sp³-hybridized carbons (Fsp3) is 0.571. The molecule has 1 saturated heterocycles. The van der Waals surface area contributed by atoms with Gasteiger partial charge < -0.3 is 20.3 Å². The summed E-state index contributed by atoms with van der Waals surface area (Å²) in [7, 11) is 0. The number of hydrogen-bond donors (Lipinski definition) is 2. The molecule has 0 unspecified atom stereocenters. The maximum atomic E-state index is 13.0. The van der Waals surface area contributed by atoms with Crippen molar-refractivity contribution < 1.29 is 19.1 Å². The standard InChI is InChI=1S/C21H31N5O4S/c1-4-22-20(28)25-10-8-24(9-11-25)13-16-17(19(27)30-6-3)18(15-7-12-31-14-15)23-21(29)26(16)5-2/h7,12,14,18H,4-6,8-11,13H2,1-3H3,(H,22,28)(H,23,29)/t18-/m1/s1. The van der Waals surface area contributed by atoms with Gasteiger partial charge in [0.1, 0.15) is 0 Å². The molecule has 0 saturated carbocycles. The lowest BCUT2D eigenvalue weighted by Crippen LogP contribution is -2.54. The van der Waals surface area contributed by atoms with Crippen LogP contribution in [-0.2, 0) is 9.53 Å². The van der Waals surface area contributed by atoms with Crippen LogP contribution >= 0.6 is 11.3 Å². The van der Waals surface area contributed by atoms with E-state index in [2.05, 4.69) is 15.5 Å². The lowest BCUT2D eigenvalue weighted by atomic mass is 9.96. The Kier molecular flexibility index (Phi) is 7.91. The Balaban J connectivity index is 1.88. The number of hydrogen-bond acceptors (Lipinski definition) is 6. The van der Waals surface area contributed by atoms with E-state index in [4.69, 9.17) is 4.74 Å². The number of carbonyl (C=O) groups excluding carboxylic acids is 3. The fourth-order valence-corrected chi connectivity index (χ4v) is 4.62. The van der Waals surface area contributed by atoms with Gasteiger partial charge in [0.05, 0.1) is 18.2 Å². The zero-order valence-electron chi connectivity index (χ0n) is 18.3. The molecule has 0 bridgehead atoms. The van der Waals surface area contributed by atoms with Crippen molar-refractivity contribution in [3.05, 3.63) is 33.7 Å². The number of amides is 4. The molecule has 1 aromatic heterocycles. The molecular formula is C21H31N5O4S. The number of piperazine rings is 1. The predicted octanol–water partition coefficient (Wildman–Crippen LogP) is 2.00. The molecule has 170 valence electrons. The SMILES string of the molecule is CCNC(=O)N1CCN(CC2=C(C(=O)OCC)[C@@H](c3ccsc3)NC(=O)N2CC)CC1. The number of thiophene rings is 1. The third-order valence-electron chi connectivity index (χ3n) is 5.49. The largest absolute Gasteiger partial charge is 0.463 e. The first kappa shape index (κ1) is 23.1. The smallest absolute Gasteiger partial charge is 0.338 e. The molecule has 10 heteroatoms. The van der Waals surface area contributed by atoms with Crippen LogP contribution in [0.15, 0.2) is 28.1 Å². The van der Waals surface area contributed by atoms with Crippen molar-refractivity contribution in [3.63, 3.8) is 0 Å². The number of ether oxygens (including phenoxy) is 1. The molecule has 3 heterocycles. The Labute approximate surface area is 187 Å². The highest BCUT2D eigenvalue weighted by Gasteiger charge is 2.38. The first-order valence-electron chi connectivity index (χ1n) is 10.7. The Hall–Kier alpha value is -2.59. The Bertz CT molecular complexity index is 818. The van der Waals surface area contributed by atoms with Crippen molar-refractivity contribution in [2.24, 2.45) is 0 Å². The summed E-state index contributed by atoms with van der Waals surface area (Å²) in [4.78, 5) is 43.6. The van der Waals surface area contributed by atoms with Gasteiger partial charge in [0, 0.05) is 51.5 Å². The molecule has 4 amide bonds. The molecule has 1 atom stereocenters. The molecule has 31 heavy (non-hydrogen) atoms. The van der Waals surface area contributed by atoms with Crippen molar-refractivity contribution in [1.29, 1.82) is 0 Å². The van der Waals surface area contributed by atoms with E-state index >= 15 is 0 Å². The number of esters is 1. The quantitative estimate of drug-likeness (QED) is 0.621. The number of carbonyl (C=O) groups is 3. The van der Waals surface area contributed by atoms with E-state index in [-0.39, 0.29) is 18.7 Å². The van der Waals surface area contributed by atoms with Crippen molar-refractivity contribution >= 4 is 29.4 Å². The molecule has 2 aliphatic heterocycles. The van der Waals surface area contributed by atoms with Crippen LogP contribution in [0.4, 0.5) is 9.59 Å². The van der Waals surface area contributed by atoms with E-state index < -0.39 is 12.0 Å². The summed E-state index contributed by atoms with van der Waals surface area (Å²) in [5.41, 5.74) is 2.02. The second-order valence-electron chi connectivity index (χ2n) is 7.36. The Morgan fingerprint density at radius 2 is 1.97 bits per heavy atom. The van der Waals surface area contributed by atoms with Crippen molar-refractivity contribution in [1.82, 2.24) is 25.3 Å². The van der Waals surface area contributed by atoms with Gasteiger partial charge in [0.2, 0.25) is 0 Å². The lowest BCUT2D eigenvalue weighted by Gasteiger charge is -2.40.